The van der Waals surface area contributed by atoms with E-state index in [0.717, 1.165) is 33.5 Å². The molecule has 102 valence electrons. The predicted molar refractivity (Wildman–Crippen MR) is 84.1 cm³/mol. The molecule has 3 nitrogen and oxygen atoms in total. The highest BCUT2D eigenvalue weighted by Crippen LogP contribution is 2.38. The number of halogens is 1. The molecule has 0 saturated carbocycles. The van der Waals surface area contributed by atoms with E-state index in [1.54, 1.807) is 4.68 Å². The Labute approximate surface area is 122 Å². The molecule has 0 atom stereocenters. The Morgan fingerprint density at radius 2 is 1.84 bits per heavy atom. The molecule has 0 aliphatic heterocycles. The van der Waals surface area contributed by atoms with Crippen LogP contribution in [0.4, 0.5) is 5.82 Å². The summed E-state index contributed by atoms with van der Waals surface area (Å²) in [5, 5.41) is 4.63. The highest BCUT2D eigenvalue weighted by Gasteiger charge is 2.28. The first-order chi connectivity index (χ1) is 8.86. The maximum Gasteiger partial charge on any atom is 0.129 e. The fourth-order valence-electron chi connectivity index (χ4n) is 2.08. The van der Waals surface area contributed by atoms with Crippen molar-refractivity contribution >= 4 is 21.7 Å². The average molecular weight is 322 g/mol. The summed E-state index contributed by atoms with van der Waals surface area (Å²) in [5.74, 6) is 0.721. The quantitative estimate of drug-likeness (QED) is 0.924. The predicted octanol–water partition coefficient (Wildman–Crippen LogP) is 4.12. The number of anilines is 1. The molecule has 4 heteroatoms. The number of aromatic nitrogens is 2. The number of nitrogen functional groups attached to an aromatic ring is 1. The number of hydrogen-bond acceptors (Lipinski definition) is 2. The van der Waals surface area contributed by atoms with E-state index in [-0.39, 0.29) is 5.41 Å². The zero-order chi connectivity index (χ0) is 14.2. The third-order valence-corrected chi connectivity index (χ3v) is 4.28. The van der Waals surface area contributed by atoms with E-state index in [1.807, 2.05) is 19.2 Å². The second-order valence-corrected chi connectivity index (χ2v) is 6.39. The molecule has 1 aromatic carbocycles. The van der Waals surface area contributed by atoms with E-state index < -0.39 is 0 Å². The maximum absolute atomic E-state index is 6.21. The monoisotopic (exact) mass is 321 g/mol. The van der Waals surface area contributed by atoms with Crippen LogP contribution in [0.1, 0.15) is 32.9 Å². The van der Waals surface area contributed by atoms with Gasteiger partial charge in [0.05, 0.1) is 5.69 Å². The molecule has 0 saturated heterocycles. The van der Waals surface area contributed by atoms with Crippen LogP contribution in [0.3, 0.4) is 0 Å². The summed E-state index contributed by atoms with van der Waals surface area (Å²) in [7, 11) is 1.90. The normalized spacial score (nSPS) is 11.8. The molecule has 2 rings (SSSR count). The van der Waals surface area contributed by atoms with Gasteiger partial charge < -0.3 is 5.73 Å². The first-order valence-electron chi connectivity index (χ1n) is 6.45. The van der Waals surface area contributed by atoms with Gasteiger partial charge in [0.2, 0.25) is 0 Å². The Balaban J connectivity index is 2.65. The summed E-state index contributed by atoms with van der Waals surface area (Å²) in [5.41, 5.74) is 9.47. The number of nitrogens with zero attached hydrogens (tertiary/aromatic N) is 2. The molecule has 0 amide bonds. The molecule has 2 N–H and O–H groups in total. The first kappa shape index (κ1) is 14.1. The van der Waals surface area contributed by atoms with Crippen molar-refractivity contribution in [3.63, 3.8) is 0 Å². The molecule has 2 aromatic rings. The summed E-state index contributed by atoms with van der Waals surface area (Å²) < 4.78 is 2.83. The van der Waals surface area contributed by atoms with Crippen molar-refractivity contribution in [1.82, 2.24) is 9.78 Å². The minimum atomic E-state index is 0.0117. The summed E-state index contributed by atoms with van der Waals surface area (Å²) in [6, 6.07) is 8.22. The Hall–Kier alpha value is -1.29. The van der Waals surface area contributed by atoms with Crippen LogP contribution in [0.5, 0.6) is 0 Å². The second-order valence-electron chi connectivity index (χ2n) is 5.48. The average Bonchev–Trinajstić information content (AvgIpc) is 2.68. The largest absolute Gasteiger partial charge is 0.383 e. The molecule has 1 heterocycles. The summed E-state index contributed by atoms with van der Waals surface area (Å²) in [6.45, 7) is 6.59. The molecular weight excluding hydrogens is 302 g/mol. The van der Waals surface area contributed by atoms with Gasteiger partial charge in [-0.05, 0) is 24.1 Å². The smallest absolute Gasteiger partial charge is 0.129 e. The van der Waals surface area contributed by atoms with Gasteiger partial charge in [0.15, 0.2) is 0 Å². The fourth-order valence-corrected chi connectivity index (χ4v) is 2.34. The molecule has 0 unspecified atom stereocenters. The number of aryl methyl sites for hydroxylation is 1. The molecule has 0 bridgehead atoms. The van der Waals surface area contributed by atoms with Gasteiger partial charge in [0, 0.05) is 22.5 Å². The molecule has 0 aliphatic rings. The zero-order valence-corrected chi connectivity index (χ0v) is 13.5. The van der Waals surface area contributed by atoms with E-state index >= 15 is 0 Å². The lowest BCUT2D eigenvalue weighted by molar-refractivity contribution is 0.483. The molecule has 0 radical (unpaired) electrons. The third kappa shape index (κ3) is 2.54. The molecule has 1 aromatic heterocycles. The van der Waals surface area contributed by atoms with Crippen LogP contribution in [-0.4, -0.2) is 9.78 Å². The zero-order valence-electron chi connectivity index (χ0n) is 11.9. The van der Waals surface area contributed by atoms with Crippen LogP contribution >= 0.6 is 15.9 Å². The van der Waals surface area contributed by atoms with Gasteiger partial charge in [-0.1, -0.05) is 48.8 Å². The summed E-state index contributed by atoms with van der Waals surface area (Å²) >= 11 is 3.46. The van der Waals surface area contributed by atoms with Crippen molar-refractivity contribution in [2.45, 2.75) is 32.6 Å². The van der Waals surface area contributed by atoms with E-state index in [0.29, 0.717) is 0 Å². The van der Waals surface area contributed by atoms with Gasteiger partial charge in [0.25, 0.3) is 0 Å². The van der Waals surface area contributed by atoms with E-state index in [9.17, 15) is 0 Å². The van der Waals surface area contributed by atoms with Crippen molar-refractivity contribution in [3.05, 3.63) is 34.4 Å². The molecule has 19 heavy (non-hydrogen) atoms. The van der Waals surface area contributed by atoms with Crippen LogP contribution in [-0.2, 0) is 12.5 Å². The van der Waals surface area contributed by atoms with Gasteiger partial charge in [0.1, 0.15) is 5.82 Å². The lowest BCUT2D eigenvalue weighted by atomic mass is 9.83. The van der Waals surface area contributed by atoms with Crippen LogP contribution in [0, 0.1) is 0 Å². The number of nitrogens with two attached hydrogens (primary N) is 1. The van der Waals surface area contributed by atoms with Gasteiger partial charge in [-0.3, -0.25) is 4.68 Å². The van der Waals surface area contributed by atoms with Crippen LogP contribution in [0.25, 0.3) is 11.1 Å². The Morgan fingerprint density at radius 3 is 2.37 bits per heavy atom. The highest BCUT2D eigenvalue weighted by molar-refractivity contribution is 9.10. The standard InChI is InChI=1S/C15H20BrN3/c1-5-15(2,3)13-12(14(17)19(4)18-13)10-6-8-11(16)9-7-10/h6-9H,5,17H2,1-4H3. The SMILES string of the molecule is CCC(C)(C)c1nn(C)c(N)c1-c1ccc(Br)cc1. The van der Waals surface area contributed by atoms with Crippen molar-refractivity contribution in [2.75, 3.05) is 5.73 Å². The fraction of sp³-hybridized carbons (Fsp3) is 0.400. The first-order valence-corrected chi connectivity index (χ1v) is 7.25. The molecule has 0 fully saturated rings. The Kier molecular flexibility index (Phi) is 3.72. The summed E-state index contributed by atoms with van der Waals surface area (Å²) in [4.78, 5) is 0. The third-order valence-electron chi connectivity index (χ3n) is 3.75. The maximum atomic E-state index is 6.21. The second kappa shape index (κ2) is 5.00. The number of rotatable bonds is 3. The van der Waals surface area contributed by atoms with Crippen molar-refractivity contribution in [3.8, 4) is 11.1 Å². The lowest BCUT2D eigenvalue weighted by Crippen LogP contribution is -2.17. The lowest BCUT2D eigenvalue weighted by Gasteiger charge is -2.22. The van der Waals surface area contributed by atoms with E-state index in [1.165, 1.54) is 0 Å². The number of benzene rings is 1. The molecule has 0 spiro atoms. The van der Waals surface area contributed by atoms with E-state index in [2.05, 4.69) is 53.9 Å². The molecule has 0 aliphatic carbocycles. The van der Waals surface area contributed by atoms with Gasteiger partial charge in [-0.2, -0.15) is 5.10 Å². The topological polar surface area (TPSA) is 43.8 Å². The van der Waals surface area contributed by atoms with Gasteiger partial charge >= 0.3 is 0 Å². The van der Waals surface area contributed by atoms with E-state index in [4.69, 9.17) is 5.73 Å². The Bertz CT molecular complexity index is 582. The van der Waals surface area contributed by atoms with Crippen molar-refractivity contribution in [1.29, 1.82) is 0 Å². The van der Waals surface area contributed by atoms with Crippen LogP contribution in [0.2, 0.25) is 0 Å². The molecular formula is C15H20BrN3. The van der Waals surface area contributed by atoms with Crippen LogP contribution in [0.15, 0.2) is 28.7 Å². The van der Waals surface area contributed by atoms with Crippen molar-refractivity contribution < 1.29 is 0 Å². The number of hydrogen-bond donors (Lipinski definition) is 1. The van der Waals surface area contributed by atoms with Crippen molar-refractivity contribution in [2.24, 2.45) is 7.05 Å². The summed E-state index contributed by atoms with van der Waals surface area (Å²) in [6.07, 6.45) is 1.02. The van der Waals surface area contributed by atoms with Crippen LogP contribution < -0.4 is 5.73 Å². The highest BCUT2D eigenvalue weighted by atomic mass is 79.9. The minimum absolute atomic E-state index is 0.0117. The Morgan fingerprint density at radius 1 is 1.26 bits per heavy atom. The minimum Gasteiger partial charge on any atom is -0.383 e. The van der Waals surface area contributed by atoms with Gasteiger partial charge in [-0.15, -0.1) is 0 Å². The van der Waals surface area contributed by atoms with Gasteiger partial charge in [-0.25, -0.2) is 0 Å².